The fourth-order valence-electron chi connectivity index (χ4n) is 1.68. The minimum Gasteiger partial charge on any atom is -0.437 e. The van der Waals surface area contributed by atoms with Crippen LogP contribution < -0.4 is 10.1 Å². The summed E-state index contributed by atoms with van der Waals surface area (Å²) in [6.07, 6.45) is 1.78. The van der Waals surface area contributed by atoms with Crippen molar-refractivity contribution in [3.63, 3.8) is 0 Å². The van der Waals surface area contributed by atoms with Crippen molar-refractivity contribution >= 4 is 11.6 Å². The molecule has 0 unspecified atom stereocenters. The Morgan fingerprint density at radius 1 is 1.32 bits per heavy atom. The number of aryl methyl sites for hydroxylation is 1. The lowest BCUT2D eigenvalue weighted by Gasteiger charge is -2.10. The average Bonchev–Trinajstić information content (AvgIpc) is 2.41. The van der Waals surface area contributed by atoms with E-state index in [-0.39, 0.29) is 0 Å². The van der Waals surface area contributed by atoms with Crippen LogP contribution in [0.2, 0.25) is 5.02 Å². The molecule has 0 bridgehead atoms. The molecule has 0 saturated carbocycles. The van der Waals surface area contributed by atoms with Crippen LogP contribution in [0, 0.1) is 6.92 Å². The zero-order valence-corrected chi connectivity index (χ0v) is 11.9. The summed E-state index contributed by atoms with van der Waals surface area (Å²) < 4.78 is 5.74. The second-order valence-corrected chi connectivity index (χ2v) is 4.69. The molecule has 4 heteroatoms. The maximum atomic E-state index is 6.20. The maximum absolute atomic E-state index is 6.20. The lowest BCUT2D eigenvalue weighted by molar-refractivity contribution is 0.459. The molecule has 0 spiro atoms. The van der Waals surface area contributed by atoms with E-state index in [0.29, 0.717) is 10.9 Å². The Bertz CT molecular complexity index is 558. The molecular formula is C15H17ClN2O. The van der Waals surface area contributed by atoms with Crippen LogP contribution in [0.4, 0.5) is 0 Å². The number of pyridine rings is 1. The number of benzene rings is 1. The van der Waals surface area contributed by atoms with Gasteiger partial charge in [0.1, 0.15) is 10.8 Å². The van der Waals surface area contributed by atoms with Gasteiger partial charge in [-0.1, -0.05) is 36.7 Å². The quantitative estimate of drug-likeness (QED) is 0.898. The normalized spacial score (nSPS) is 10.5. The molecule has 1 aromatic heterocycles. The number of aromatic nitrogens is 1. The predicted octanol–water partition coefficient (Wildman–Crippen LogP) is 3.95. The number of hydrogen-bond acceptors (Lipinski definition) is 3. The van der Waals surface area contributed by atoms with E-state index in [1.807, 2.05) is 37.3 Å². The van der Waals surface area contributed by atoms with Gasteiger partial charge in [-0.15, -0.1) is 0 Å². The molecule has 2 aromatic rings. The molecular weight excluding hydrogens is 260 g/mol. The summed E-state index contributed by atoms with van der Waals surface area (Å²) in [5, 5.41) is 3.76. The zero-order valence-electron chi connectivity index (χ0n) is 11.1. The van der Waals surface area contributed by atoms with Crippen molar-refractivity contribution in [3.05, 3.63) is 52.7 Å². The largest absolute Gasteiger partial charge is 0.437 e. The summed E-state index contributed by atoms with van der Waals surface area (Å²) in [5.41, 5.74) is 2.10. The first kappa shape index (κ1) is 13.8. The van der Waals surface area contributed by atoms with Gasteiger partial charge in [-0.25, -0.2) is 4.98 Å². The molecule has 1 heterocycles. The molecule has 2 rings (SSSR count). The number of halogens is 1. The first-order valence-electron chi connectivity index (χ1n) is 6.29. The molecule has 0 aliphatic rings. The standard InChI is InChI=1S/C15H17ClN2O/c1-3-17-9-12-8-13(16)15(18-10-12)19-14-7-5-4-6-11(14)2/h4-8,10,17H,3,9H2,1-2H3. The van der Waals surface area contributed by atoms with Crippen molar-refractivity contribution < 1.29 is 4.74 Å². The van der Waals surface area contributed by atoms with E-state index in [1.165, 1.54) is 0 Å². The Kier molecular flexibility index (Phi) is 4.77. The van der Waals surface area contributed by atoms with Crippen LogP contribution in [-0.2, 0) is 6.54 Å². The maximum Gasteiger partial charge on any atom is 0.238 e. The Labute approximate surface area is 118 Å². The highest BCUT2D eigenvalue weighted by Gasteiger charge is 2.07. The number of hydrogen-bond donors (Lipinski definition) is 1. The van der Waals surface area contributed by atoms with Crippen molar-refractivity contribution in [2.45, 2.75) is 20.4 Å². The summed E-state index contributed by atoms with van der Waals surface area (Å²) in [7, 11) is 0. The predicted molar refractivity (Wildman–Crippen MR) is 77.9 cm³/mol. The highest BCUT2D eigenvalue weighted by molar-refractivity contribution is 6.31. The Morgan fingerprint density at radius 2 is 2.11 bits per heavy atom. The third kappa shape index (κ3) is 3.69. The van der Waals surface area contributed by atoms with Gasteiger partial charge in [0.15, 0.2) is 0 Å². The molecule has 100 valence electrons. The lowest BCUT2D eigenvalue weighted by atomic mass is 10.2. The molecule has 1 N–H and O–H groups in total. The van der Waals surface area contributed by atoms with Crippen LogP contribution in [0.25, 0.3) is 0 Å². The first-order valence-corrected chi connectivity index (χ1v) is 6.67. The molecule has 3 nitrogen and oxygen atoms in total. The molecule has 19 heavy (non-hydrogen) atoms. The van der Waals surface area contributed by atoms with Crippen molar-refractivity contribution in [2.24, 2.45) is 0 Å². The second kappa shape index (κ2) is 6.55. The molecule has 0 saturated heterocycles. The van der Waals surface area contributed by atoms with Gasteiger partial charge < -0.3 is 10.1 Å². The number of rotatable bonds is 5. The Balaban J connectivity index is 2.15. The van der Waals surface area contributed by atoms with E-state index < -0.39 is 0 Å². The van der Waals surface area contributed by atoms with Gasteiger partial charge in [-0.05, 0) is 36.7 Å². The number of nitrogens with zero attached hydrogens (tertiary/aromatic N) is 1. The molecule has 0 aliphatic heterocycles. The zero-order chi connectivity index (χ0) is 13.7. The van der Waals surface area contributed by atoms with Crippen molar-refractivity contribution in [1.29, 1.82) is 0 Å². The summed E-state index contributed by atoms with van der Waals surface area (Å²) >= 11 is 6.20. The first-order chi connectivity index (χ1) is 9.20. The van der Waals surface area contributed by atoms with Gasteiger partial charge in [0.2, 0.25) is 5.88 Å². The Hall–Kier alpha value is -1.58. The van der Waals surface area contributed by atoms with Crippen LogP contribution in [-0.4, -0.2) is 11.5 Å². The smallest absolute Gasteiger partial charge is 0.238 e. The molecule has 0 radical (unpaired) electrons. The second-order valence-electron chi connectivity index (χ2n) is 4.28. The van der Waals surface area contributed by atoms with Gasteiger partial charge >= 0.3 is 0 Å². The van der Waals surface area contributed by atoms with E-state index in [9.17, 15) is 0 Å². The monoisotopic (exact) mass is 276 g/mol. The number of ether oxygens (including phenoxy) is 1. The summed E-state index contributed by atoms with van der Waals surface area (Å²) in [4.78, 5) is 4.27. The third-order valence-corrected chi connectivity index (χ3v) is 3.01. The summed E-state index contributed by atoms with van der Waals surface area (Å²) in [6, 6.07) is 9.67. The van der Waals surface area contributed by atoms with Crippen LogP contribution in [0.1, 0.15) is 18.1 Å². The highest BCUT2D eigenvalue weighted by Crippen LogP contribution is 2.29. The van der Waals surface area contributed by atoms with E-state index in [2.05, 4.69) is 17.2 Å². The topological polar surface area (TPSA) is 34.2 Å². The minimum absolute atomic E-state index is 0.441. The van der Waals surface area contributed by atoms with Crippen LogP contribution in [0.5, 0.6) is 11.6 Å². The van der Waals surface area contributed by atoms with E-state index >= 15 is 0 Å². The highest BCUT2D eigenvalue weighted by atomic mass is 35.5. The van der Waals surface area contributed by atoms with E-state index in [1.54, 1.807) is 6.20 Å². The van der Waals surface area contributed by atoms with Gasteiger partial charge in [-0.3, -0.25) is 0 Å². The van der Waals surface area contributed by atoms with Gasteiger partial charge in [0.05, 0.1) is 0 Å². The number of para-hydroxylation sites is 1. The average molecular weight is 277 g/mol. The third-order valence-electron chi connectivity index (χ3n) is 2.74. The summed E-state index contributed by atoms with van der Waals surface area (Å²) in [5.74, 6) is 1.22. The SMILES string of the molecule is CCNCc1cnc(Oc2ccccc2C)c(Cl)c1. The molecule has 0 aliphatic carbocycles. The van der Waals surface area contributed by atoms with E-state index in [0.717, 1.165) is 30.0 Å². The van der Waals surface area contributed by atoms with Crippen molar-refractivity contribution in [3.8, 4) is 11.6 Å². The van der Waals surface area contributed by atoms with Gasteiger partial charge in [0, 0.05) is 12.7 Å². The fourth-order valence-corrected chi connectivity index (χ4v) is 1.91. The fraction of sp³-hybridized carbons (Fsp3) is 0.267. The van der Waals surface area contributed by atoms with Gasteiger partial charge in [0.25, 0.3) is 0 Å². The lowest BCUT2D eigenvalue weighted by Crippen LogP contribution is -2.11. The molecule has 0 amide bonds. The summed E-state index contributed by atoms with van der Waals surface area (Å²) in [6.45, 7) is 5.72. The van der Waals surface area contributed by atoms with Crippen LogP contribution in [0.3, 0.4) is 0 Å². The van der Waals surface area contributed by atoms with Crippen molar-refractivity contribution in [1.82, 2.24) is 10.3 Å². The minimum atomic E-state index is 0.441. The van der Waals surface area contributed by atoms with Gasteiger partial charge in [-0.2, -0.15) is 0 Å². The Morgan fingerprint density at radius 3 is 2.79 bits per heavy atom. The molecule has 0 atom stereocenters. The van der Waals surface area contributed by atoms with E-state index in [4.69, 9.17) is 16.3 Å². The van der Waals surface area contributed by atoms with Crippen molar-refractivity contribution in [2.75, 3.05) is 6.54 Å². The van der Waals surface area contributed by atoms with Crippen LogP contribution >= 0.6 is 11.6 Å². The molecule has 0 fully saturated rings. The van der Waals surface area contributed by atoms with Crippen LogP contribution in [0.15, 0.2) is 36.5 Å². The number of nitrogens with one attached hydrogen (secondary N) is 1. The molecule has 1 aromatic carbocycles.